The van der Waals surface area contributed by atoms with Crippen molar-refractivity contribution in [3.8, 4) is 0 Å². The Hall–Kier alpha value is -1.69. The summed E-state index contributed by atoms with van der Waals surface area (Å²) < 4.78 is 7.51. The van der Waals surface area contributed by atoms with E-state index in [1.807, 2.05) is 10.9 Å². The second-order valence-electron chi connectivity index (χ2n) is 4.44. The summed E-state index contributed by atoms with van der Waals surface area (Å²) in [7, 11) is 0. The van der Waals surface area contributed by atoms with Crippen LogP contribution >= 0.6 is 0 Å². The maximum atomic E-state index is 5.65. The van der Waals surface area contributed by atoms with Crippen LogP contribution in [0.5, 0.6) is 0 Å². The van der Waals surface area contributed by atoms with Gasteiger partial charge >= 0.3 is 0 Å². The van der Waals surface area contributed by atoms with Crippen LogP contribution < -0.4 is 5.32 Å². The predicted molar refractivity (Wildman–Crippen MR) is 68.3 cm³/mol. The van der Waals surface area contributed by atoms with Gasteiger partial charge < -0.3 is 10.1 Å². The van der Waals surface area contributed by atoms with Crippen molar-refractivity contribution < 1.29 is 4.74 Å². The summed E-state index contributed by atoms with van der Waals surface area (Å²) in [4.78, 5) is 8.59. The van der Waals surface area contributed by atoms with Gasteiger partial charge in [0.2, 0.25) is 0 Å². The molecule has 1 saturated heterocycles. The standard InChI is InChI=1S/C12H17N5O/c1-2-5-13-11-9-7-16-17(10-4-3-6-18-10)12(9)15-8-14-11/h7-8,10H,2-6H2,1H3,(H,13,14,15)/t10-/m1/s1. The molecule has 1 N–H and O–H groups in total. The number of anilines is 1. The van der Waals surface area contributed by atoms with E-state index >= 15 is 0 Å². The lowest BCUT2D eigenvalue weighted by molar-refractivity contribution is 0.0499. The molecule has 0 amide bonds. The van der Waals surface area contributed by atoms with Gasteiger partial charge in [-0.05, 0) is 19.3 Å². The van der Waals surface area contributed by atoms with E-state index in [-0.39, 0.29) is 6.23 Å². The molecule has 1 aliphatic heterocycles. The molecule has 2 aromatic heterocycles. The highest BCUT2D eigenvalue weighted by Crippen LogP contribution is 2.27. The number of ether oxygens (including phenoxy) is 1. The molecule has 96 valence electrons. The monoisotopic (exact) mass is 247 g/mol. The third-order valence-electron chi connectivity index (χ3n) is 3.11. The number of fused-ring (bicyclic) bond motifs is 1. The molecule has 18 heavy (non-hydrogen) atoms. The Bertz CT molecular complexity index is 532. The first-order chi connectivity index (χ1) is 8.90. The van der Waals surface area contributed by atoms with Crippen LogP contribution in [0.15, 0.2) is 12.5 Å². The second kappa shape index (κ2) is 4.89. The molecule has 0 bridgehead atoms. The minimum absolute atomic E-state index is 0.0245. The number of hydrogen-bond donors (Lipinski definition) is 1. The van der Waals surface area contributed by atoms with Crippen LogP contribution in [0.4, 0.5) is 5.82 Å². The van der Waals surface area contributed by atoms with Gasteiger partial charge in [-0.3, -0.25) is 0 Å². The summed E-state index contributed by atoms with van der Waals surface area (Å²) >= 11 is 0. The fourth-order valence-electron chi connectivity index (χ4n) is 2.21. The zero-order valence-corrected chi connectivity index (χ0v) is 10.5. The predicted octanol–water partition coefficient (Wildman–Crippen LogP) is 1.96. The summed E-state index contributed by atoms with van der Waals surface area (Å²) in [5.41, 5.74) is 0.843. The average molecular weight is 247 g/mol. The van der Waals surface area contributed by atoms with Gasteiger partial charge in [0.25, 0.3) is 0 Å². The Morgan fingerprint density at radius 3 is 3.22 bits per heavy atom. The quantitative estimate of drug-likeness (QED) is 0.894. The normalized spacial score (nSPS) is 19.5. The third-order valence-corrected chi connectivity index (χ3v) is 3.11. The van der Waals surface area contributed by atoms with Gasteiger partial charge in [0.15, 0.2) is 11.9 Å². The van der Waals surface area contributed by atoms with Crippen LogP contribution in [0.3, 0.4) is 0 Å². The van der Waals surface area contributed by atoms with E-state index in [0.717, 1.165) is 49.3 Å². The van der Waals surface area contributed by atoms with E-state index in [1.54, 1.807) is 6.33 Å². The summed E-state index contributed by atoms with van der Waals surface area (Å²) in [6, 6.07) is 0. The van der Waals surface area contributed by atoms with Crippen molar-refractivity contribution in [2.45, 2.75) is 32.4 Å². The Balaban J connectivity index is 1.97. The van der Waals surface area contributed by atoms with Crippen molar-refractivity contribution >= 4 is 16.9 Å². The second-order valence-corrected chi connectivity index (χ2v) is 4.44. The molecule has 6 nitrogen and oxygen atoms in total. The topological polar surface area (TPSA) is 64.9 Å². The lowest BCUT2D eigenvalue weighted by Gasteiger charge is -2.10. The Kier molecular flexibility index (Phi) is 3.10. The van der Waals surface area contributed by atoms with Crippen LogP contribution in [-0.4, -0.2) is 32.9 Å². The molecule has 6 heteroatoms. The number of nitrogens with one attached hydrogen (secondary N) is 1. The first kappa shape index (κ1) is 11.4. The summed E-state index contributed by atoms with van der Waals surface area (Å²) in [6.07, 6.45) is 6.56. The van der Waals surface area contributed by atoms with Crippen LogP contribution in [0.1, 0.15) is 32.4 Å². The number of hydrogen-bond acceptors (Lipinski definition) is 5. The van der Waals surface area contributed by atoms with E-state index in [0.29, 0.717) is 0 Å². The van der Waals surface area contributed by atoms with E-state index < -0.39 is 0 Å². The fourth-order valence-corrected chi connectivity index (χ4v) is 2.21. The highest BCUT2D eigenvalue weighted by molar-refractivity contribution is 5.86. The van der Waals surface area contributed by atoms with Crippen LogP contribution in [-0.2, 0) is 4.74 Å². The molecule has 0 spiro atoms. The van der Waals surface area contributed by atoms with Gasteiger partial charge in [-0.2, -0.15) is 5.10 Å². The van der Waals surface area contributed by atoms with E-state index in [1.165, 1.54) is 0 Å². The Morgan fingerprint density at radius 1 is 1.50 bits per heavy atom. The molecule has 3 heterocycles. The fraction of sp³-hybridized carbons (Fsp3) is 0.583. The molecule has 1 aliphatic rings. The van der Waals surface area contributed by atoms with Crippen LogP contribution in [0.25, 0.3) is 11.0 Å². The number of rotatable bonds is 4. The van der Waals surface area contributed by atoms with Crippen molar-refractivity contribution in [2.75, 3.05) is 18.5 Å². The van der Waals surface area contributed by atoms with Crippen molar-refractivity contribution in [3.63, 3.8) is 0 Å². The highest BCUT2D eigenvalue weighted by Gasteiger charge is 2.21. The first-order valence-electron chi connectivity index (χ1n) is 6.44. The molecule has 3 rings (SSSR count). The summed E-state index contributed by atoms with van der Waals surface area (Å²) in [6.45, 7) is 3.83. The van der Waals surface area contributed by atoms with E-state index in [2.05, 4.69) is 27.3 Å². The molecule has 1 fully saturated rings. The minimum Gasteiger partial charge on any atom is -0.369 e. The maximum Gasteiger partial charge on any atom is 0.165 e. The van der Waals surface area contributed by atoms with Gasteiger partial charge in [0.1, 0.15) is 12.1 Å². The van der Waals surface area contributed by atoms with Gasteiger partial charge in [-0.1, -0.05) is 6.92 Å². The molecule has 0 aliphatic carbocycles. The van der Waals surface area contributed by atoms with E-state index in [9.17, 15) is 0 Å². The van der Waals surface area contributed by atoms with Gasteiger partial charge in [0, 0.05) is 13.2 Å². The SMILES string of the molecule is CCCNc1ncnc2c1cnn2[C@H]1CCCO1. The zero-order chi connectivity index (χ0) is 12.4. The van der Waals surface area contributed by atoms with E-state index in [4.69, 9.17) is 4.74 Å². The molecule has 0 aromatic carbocycles. The molecule has 1 atom stereocenters. The smallest absolute Gasteiger partial charge is 0.165 e. The lowest BCUT2D eigenvalue weighted by atomic mass is 10.3. The Labute approximate surface area is 105 Å². The number of nitrogens with zero attached hydrogens (tertiary/aromatic N) is 4. The third kappa shape index (κ3) is 1.92. The summed E-state index contributed by atoms with van der Waals surface area (Å²) in [5, 5.41) is 8.65. The minimum atomic E-state index is 0.0245. The zero-order valence-electron chi connectivity index (χ0n) is 10.5. The molecule has 0 saturated carbocycles. The maximum absolute atomic E-state index is 5.65. The van der Waals surface area contributed by atoms with Crippen molar-refractivity contribution in [1.29, 1.82) is 0 Å². The largest absolute Gasteiger partial charge is 0.369 e. The first-order valence-corrected chi connectivity index (χ1v) is 6.44. The average Bonchev–Trinajstić information content (AvgIpc) is 3.04. The highest BCUT2D eigenvalue weighted by atomic mass is 16.5. The van der Waals surface area contributed by atoms with Gasteiger partial charge in [-0.15, -0.1) is 0 Å². The lowest BCUT2D eigenvalue weighted by Crippen LogP contribution is -2.10. The summed E-state index contributed by atoms with van der Waals surface area (Å²) in [5.74, 6) is 0.853. The molecular weight excluding hydrogens is 230 g/mol. The van der Waals surface area contributed by atoms with Crippen LogP contribution in [0, 0.1) is 0 Å². The van der Waals surface area contributed by atoms with Gasteiger partial charge in [-0.25, -0.2) is 14.6 Å². The van der Waals surface area contributed by atoms with Crippen LogP contribution in [0.2, 0.25) is 0 Å². The van der Waals surface area contributed by atoms with Crippen molar-refractivity contribution in [3.05, 3.63) is 12.5 Å². The van der Waals surface area contributed by atoms with Crippen molar-refractivity contribution in [1.82, 2.24) is 19.7 Å². The Morgan fingerprint density at radius 2 is 2.44 bits per heavy atom. The molecule has 0 radical (unpaired) electrons. The van der Waals surface area contributed by atoms with Gasteiger partial charge in [0.05, 0.1) is 11.6 Å². The van der Waals surface area contributed by atoms with Crippen molar-refractivity contribution in [2.24, 2.45) is 0 Å². The number of aromatic nitrogens is 4. The molecular formula is C12H17N5O. The molecule has 2 aromatic rings. The molecule has 0 unspecified atom stereocenters.